The number of hydrogen-bond acceptors (Lipinski definition) is 5. The summed E-state index contributed by atoms with van der Waals surface area (Å²) in [7, 11) is 1.67. The minimum atomic E-state index is 0.520. The lowest BCUT2D eigenvalue weighted by Crippen LogP contribution is -1.93. The molecule has 6 heteroatoms. The van der Waals surface area contributed by atoms with Gasteiger partial charge in [-0.05, 0) is 38.1 Å². The highest BCUT2D eigenvalue weighted by Gasteiger charge is 2.14. The van der Waals surface area contributed by atoms with Crippen molar-refractivity contribution in [3.8, 4) is 17.0 Å². The molecule has 0 amide bonds. The van der Waals surface area contributed by atoms with Gasteiger partial charge < -0.3 is 9.47 Å². The quantitative estimate of drug-likeness (QED) is 0.725. The van der Waals surface area contributed by atoms with Gasteiger partial charge in [-0.3, -0.25) is 0 Å². The van der Waals surface area contributed by atoms with Gasteiger partial charge in [-0.25, -0.2) is 9.50 Å². The van der Waals surface area contributed by atoms with Crippen molar-refractivity contribution in [1.82, 2.24) is 14.6 Å². The van der Waals surface area contributed by atoms with Gasteiger partial charge >= 0.3 is 0 Å². The molecule has 0 spiro atoms. The van der Waals surface area contributed by atoms with Gasteiger partial charge in [0.1, 0.15) is 10.8 Å². The monoisotopic (exact) mass is 303 g/mol. The maximum atomic E-state index is 5.46. The highest BCUT2D eigenvalue weighted by molar-refractivity contribution is 7.16. The summed E-state index contributed by atoms with van der Waals surface area (Å²) in [6.07, 6.45) is 0. The normalized spacial score (nSPS) is 11.2. The van der Waals surface area contributed by atoms with Crippen LogP contribution in [0.15, 0.2) is 24.3 Å². The van der Waals surface area contributed by atoms with Crippen LogP contribution in [0.5, 0.6) is 5.75 Å². The molecule has 0 aliphatic carbocycles. The van der Waals surface area contributed by atoms with Gasteiger partial charge in [0.05, 0.1) is 24.6 Å². The van der Waals surface area contributed by atoms with Crippen LogP contribution in [-0.4, -0.2) is 28.3 Å². The molecule has 0 aliphatic heterocycles. The largest absolute Gasteiger partial charge is 0.494 e. The van der Waals surface area contributed by atoms with Gasteiger partial charge in [0, 0.05) is 12.7 Å². The maximum Gasteiger partial charge on any atom is 0.213 e. The Kier molecular flexibility index (Phi) is 3.90. The zero-order valence-electron chi connectivity index (χ0n) is 12.3. The molecule has 110 valence electrons. The van der Waals surface area contributed by atoms with Crippen molar-refractivity contribution in [3.63, 3.8) is 0 Å². The molecule has 21 heavy (non-hydrogen) atoms. The number of hydrogen-bond donors (Lipinski definition) is 0. The summed E-state index contributed by atoms with van der Waals surface area (Å²) < 4.78 is 12.5. The summed E-state index contributed by atoms with van der Waals surface area (Å²) >= 11 is 1.55. The van der Waals surface area contributed by atoms with Crippen molar-refractivity contribution < 1.29 is 9.47 Å². The first-order chi connectivity index (χ1) is 10.2. The number of benzene rings is 1. The molecule has 2 aromatic heterocycles. The highest BCUT2D eigenvalue weighted by atomic mass is 32.1. The van der Waals surface area contributed by atoms with E-state index in [1.54, 1.807) is 18.4 Å². The van der Waals surface area contributed by atoms with E-state index in [1.807, 2.05) is 42.6 Å². The molecule has 5 nitrogen and oxygen atoms in total. The average Bonchev–Trinajstić information content (AvgIpc) is 3.00. The Labute approximate surface area is 127 Å². The molecule has 0 fully saturated rings. The second kappa shape index (κ2) is 5.83. The summed E-state index contributed by atoms with van der Waals surface area (Å²) in [6.45, 7) is 5.20. The predicted molar refractivity (Wildman–Crippen MR) is 82.9 cm³/mol. The number of nitrogens with zero attached hydrogens (tertiary/aromatic N) is 3. The van der Waals surface area contributed by atoms with Crippen molar-refractivity contribution in [2.45, 2.75) is 20.5 Å². The first-order valence-electron chi connectivity index (χ1n) is 6.80. The van der Waals surface area contributed by atoms with E-state index >= 15 is 0 Å². The maximum absolute atomic E-state index is 5.46. The minimum absolute atomic E-state index is 0.520. The van der Waals surface area contributed by atoms with E-state index in [2.05, 4.69) is 10.1 Å². The van der Waals surface area contributed by atoms with Crippen LogP contribution in [0.1, 0.15) is 17.6 Å². The summed E-state index contributed by atoms with van der Waals surface area (Å²) in [6, 6.07) is 7.99. The molecule has 1 aromatic carbocycles. The van der Waals surface area contributed by atoms with Crippen LogP contribution in [0.3, 0.4) is 0 Å². The van der Waals surface area contributed by atoms with E-state index in [0.29, 0.717) is 13.2 Å². The van der Waals surface area contributed by atoms with Crippen LogP contribution in [0.2, 0.25) is 0 Å². The molecule has 0 aliphatic rings. The third-order valence-corrected chi connectivity index (χ3v) is 4.06. The Morgan fingerprint density at radius 2 is 2.00 bits per heavy atom. The minimum Gasteiger partial charge on any atom is -0.494 e. The molecule has 0 saturated heterocycles. The molecule has 3 rings (SSSR count). The number of rotatable bonds is 5. The highest BCUT2D eigenvalue weighted by Crippen LogP contribution is 2.28. The zero-order chi connectivity index (χ0) is 14.8. The SMILES string of the molecule is CCOc1ccc(-c2nc3sc(COC)nn3c2C)cc1. The van der Waals surface area contributed by atoms with Gasteiger partial charge in [0.2, 0.25) is 4.96 Å². The Morgan fingerprint density at radius 1 is 1.24 bits per heavy atom. The van der Waals surface area contributed by atoms with Crippen LogP contribution >= 0.6 is 11.3 Å². The molecule has 3 aromatic rings. The Hall–Kier alpha value is -1.92. The van der Waals surface area contributed by atoms with E-state index in [1.165, 1.54) is 0 Å². The molecule has 0 radical (unpaired) electrons. The van der Waals surface area contributed by atoms with E-state index in [0.717, 1.165) is 32.7 Å². The smallest absolute Gasteiger partial charge is 0.213 e. The number of aromatic nitrogens is 3. The predicted octanol–water partition coefficient (Wildman–Crippen LogP) is 3.31. The van der Waals surface area contributed by atoms with Crippen molar-refractivity contribution in [2.24, 2.45) is 0 Å². The second-order valence-electron chi connectivity index (χ2n) is 4.63. The number of imidazole rings is 1. The third kappa shape index (κ3) is 2.64. The lowest BCUT2D eigenvalue weighted by Gasteiger charge is -2.04. The Morgan fingerprint density at radius 3 is 2.62 bits per heavy atom. The molecule has 2 heterocycles. The molecule has 0 atom stereocenters. The fourth-order valence-electron chi connectivity index (χ4n) is 2.22. The summed E-state index contributed by atoms with van der Waals surface area (Å²) in [5.41, 5.74) is 3.07. The first kappa shape index (κ1) is 14.0. The molecule has 0 bridgehead atoms. The van der Waals surface area contributed by atoms with Crippen LogP contribution in [0.25, 0.3) is 16.2 Å². The molecule has 0 N–H and O–H groups in total. The number of methoxy groups -OCH3 is 1. The van der Waals surface area contributed by atoms with Crippen molar-refractivity contribution in [2.75, 3.05) is 13.7 Å². The van der Waals surface area contributed by atoms with Crippen molar-refractivity contribution in [3.05, 3.63) is 35.0 Å². The van der Waals surface area contributed by atoms with Crippen LogP contribution in [-0.2, 0) is 11.3 Å². The summed E-state index contributed by atoms with van der Waals surface area (Å²) in [5.74, 6) is 0.875. The summed E-state index contributed by atoms with van der Waals surface area (Å²) in [5, 5.41) is 5.45. The van der Waals surface area contributed by atoms with E-state index in [4.69, 9.17) is 9.47 Å². The number of ether oxygens (including phenoxy) is 2. The average molecular weight is 303 g/mol. The fraction of sp³-hybridized carbons (Fsp3) is 0.333. The van der Waals surface area contributed by atoms with Crippen LogP contribution < -0.4 is 4.74 Å². The van der Waals surface area contributed by atoms with Gasteiger partial charge in [0.15, 0.2) is 0 Å². The van der Waals surface area contributed by atoms with Gasteiger partial charge in [0.25, 0.3) is 0 Å². The Balaban J connectivity index is 1.96. The van der Waals surface area contributed by atoms with Gasteiger partial charge in [-0.15, -0.1) is 0 Å². The molecule has 0 saturated carbocycles. The molecular weight excluding hydrogens is 286 g/mol. The van der Waals surface area contributed by atoms with Gasteiger partial charge in [-0.1, -0.05) is 11.3 Å². The second-order valence-corrected chi connectivity index (χ2v) is 5.67. The van der Waals surface area contributed by atoms with Crippen LogP contribution in [0, 0.1) is 6.92 Å². The standard InChI is InChI=1S/C15H17N3O2S/c1-4-20-12-7-5-11(6-8-12)14-10(2)18-15(16-14)21-13(17-18)9-19-3/h5-8H,4,9H2,1-3H3. The zero-order valence-corrected chi connectivity index (χ0v) is 13.1. The lowest BCUT2D eigenvalue weighted by molar-refractivity contribution is 0.183. The van der Waals surface area contributed by atoms with Crippen LogP contribution in [0.4, 0.5) is 0 Å². The topological polar surface area (TPSA) is 48.7 Å². The lowest BCUT2D eigenvalue weighted by atomic mass is 10.1. The van der Waals surface area contributed by atoms with E-state index in [-0.39, 0.29) is 0 Å². The number of fused-ring (bicyclic) bond motifs is 1. The van der Waals surface area contributed by atoms with Gasteiger partial charge in [-0.2, -0.15) is 5.10 Å². The van der Waals surface area contributed by atoms with E-state index < -0.39 is 0 Å². The molecular formula is C15H17N3O2S. The van der Waals surface area contributed by atoms with Crippen molar-refractivity contribution in [1.29, 1.82) is 0 Å². The molecule has 0 unspecified atom stereocenters. The fourth-order valence-corrected chi connectivity index (χ4v) is 3.13. The first-order valence-corrected chi connectivity index (χ1v) is 7.61. The number of aryl methyl sites for hydroxylation is 1. The Bertz CT molecular complexity index is 746. The third-order valence-electron chi connectivity index (χ3n) is 3.18. The van der Waals surface area contributed by atoms with E-state index in [9.17, 15) is 0 Å². The van der Waals surface area contributed by atoms with Crippen molar-refractivity contribution >= 4 is 16.3 Å². The summed E-state index contributed by atoms with van der Waals surface area (Å²) in [4.78, 5) is 5.58.